The molecule has 1 aliphatic rings. The summed E-state index contributed by atoms with van der Waals surface area (Å²) in [5, 5.41) is 2.85. The molecule has 0 saturated carbocycles. The van der Waals surface area contributed by atoms with E-state index in [0.29, 0.717) is 17.1 Å². The van der Waals surface area contributed by atoms with E-state index in [9.17, 15) is 13.2 Å². The van der Waals surface area contributed by atoms with Crippen LogP contribution in [0.3, 0.4) is 0 Å². The molecule has 2 atom stereocenters. The normalized spacial score (nSPS) is 20.5. The zero-order valence-corrected chi connectivity index (χ0v) is 15.6. The molecule has 0 aliphatic carbocycles. The number of carbonyl (C=O) groups excluding carboxylic acids is 1. The summed E-state index contributed by atoms with van der Waals surface area (Å²) in [5.41, 5.74) is 0.351. The molecule has 0 unspecified atom stereocenters. The first-order valence-electron chi connectivity index (χ1n) is 7.79. The van der Waals surface area contributed by atoms with Crippen molar-refractivity contribution >= 4 is 15.9 Å². The Morgan fingerprint density at radius 3 is 2.60 bits per heavy atom. The lowest BCUT2D eigenvalue weighted by Crippen LogP contribution is -2.43. The lowest BCUT2D eigenvalue weighted by atomic mass is 10.1. The van der Waals surface area contributed by atoms with Crippen molar-refractivity contribution in [2.75, 3.05) is 47.3 Å². The molecule has 1 amide bonds. The molecule has 9 heteroatoms. The molecule has 1 heterocycles. The Kier molecular flexibility index (Phi) is 6.26. The average Bonchev–Trinajstić information content (AvgIpc) is 3.00. The fourth-order valence-electron chi connectivity index (χ4n) is 2.57. The number of nitrogens with zero attached hydrogens (tertiary/aromatic N) is 1. The minimum absolute atomic E-state index is 0.0787. The smallest absolute Gasteiger partial charge is 0.255 e. The maximum atomic E-state index is 12.6. The van der Waals surface area contributed by atoms with Gasteiger partial charge >= 0.3 is 0 Å². The van der Waals surface area contributed by atoms with E-state index in [1.807, 2.05) is 0 Å². The third-order valence-electron chi connectivity index (χ3n) is 4.15. The Morgan fingerprint density at radius 2 is 2.00 bits per heavy atom. The van der Waals surface area contributed by atoms with Crippen LogP contribution in [-0.4, -0.2) is 72.0 Å². The molecule has 0 radical (unpaired) electrons. The minimum atomic E-state index is -3.38. The van der Waals surface area contributed by atoms with Gasteiger partial charge in [0.2, 0.25) is 10.0 Å². The third-order valence-corrected chi connectivity index (χ3v) is 6.11. The Labute approximate surface area is 148 Å². The van der Waals surface area contributed by atoms with Crippen molar-refractivity contribution in [2.24, 2.45) is 5.92 Å². The van der Waals surface area contributed by atoms with Gasteiger partial charge in [-0.2, -0.15) is 0 Å². The van der Waals surface area contributed by atoms with Crippen LogP contribution in [0.25, 0.3) is 0 Å². The topological polar surface area (TPSA) is 94.2 Å². The van der Waals surface area contributed by atoms with E-state index in [-0.39, 0.29) is 36.8 Å². The van der Waals surface area contributed by atoms with Gasteiger partial charge in [0.05, 0.1) is 44.8 Å². The fourth-order valence-corrected chi connectivity index (χ4v) is 3.74. The predicted octanol–water partition coefficient (Wildman–Crippen LogP) is 0.340. The molecule has 0 bridgehead atoms. The van der Waals surface area contributed by atoms with Gasteiger partial charge in [-0.25, -0.2) is 12.7 Å². The summed E-state index contributed by atoms with van der Waals surface area (Å²) in [6, 6.07) is 4.51. The van der Waals surface area contributed by atoms with Crippen molar-refractivity contribution in [3.63, 3.8) is 0 Å². The van der Waals surface area contributed by atoms with Gasteiger partial charge in [0.1, 0.15) is 11.5 Å². The Hall–Kier alpha value is -1.84. The lowest BCUT2D eigenvalue weighted by Gasteiger charge is -2.21. The number of methoxy groups -OCH3 is 2. The van der Waals surface area contributed by atoms with Crippen molar-refractivity contribution in [3.8, 4) is 11.5 Å². The lowest BCUT2D eigenvalue weighted by molar-refractivity contribution is 0.0923. The van der Waals surface area contributed by atoms with Gasteiger partial charge in [0, 0.05) is 26.1 Å². The quantitative estimate of drug-likeness (QED) is 0.742. The van der Waals surface area contributed by atoms with E-state index in [2.05, 4.69) is 5.32 Å². The van der Waals surface area contributed by atoms with Crippen LogP contribution < -0.4 is 14.8 Å². The van der Waals surface area contributed by atoms with E-state index in [4.69, 9.17) is 14.2 Å². The van der Waals surface area contributed by atoms with Gasteiger partial charge in [0.25, 0.3) is 5.91 Å². The SMILES string of the molecule is COc1ccc(C(=O)N[C@@H]2COC[C@H]2CS(=O)(=O)N(C)C)c(OC)c1. The molecular formula is C16H24N2O6S. The highest BCUT2D eigenvalue weighted by Crippen LogP contribution is 2.25. The predicted molar refractivity (Wildman–Crippen MR) is 92.6 cm³/mol. The molecule has 0 aromatic heterocycles. The van der Waals surface area contributed by atoms with Crippen LogP contribution in [0.15, 0.2) is 18.2 Å². The number of benzene rings is 1. The maximum absolute atomic E-state index is 12.6. The molecule has 1 fully saturated rings. The van der Waals surface area contributed by atoms with E-state index >= 15 is 0 Å². The Bertz CT molecular complexity index is 719. The zero-order chi connectivity index (χ0) is 18.6. The van der Waals surface area contributed by atoms with E-state index in [1.165, 1.54) is 32.6 Å². The van der Waals surface area contributed by atoms with Crippen LogP contribution in [0.1, 0.15) is 10.4 Å². The highest BCUT2D eigenvalue weighted by molar-refractivity contribution is 7.89. The van der Waals surface area contributed by atoms with Gasteiger partial charge in [-0.3, -0.25) is 4.79 Å². The summed E-state index contributed by atoms with van der Waals surface area (Å²) in [7, 11) is 2.60. The molecule has 25 heavy (non-hydrogen) atoms. The number of sulfonamides is 1. The third kappa shape index (κ3) is 4.62. The Morgan fingerprint density at radius 1 is 1.28 bits per heavy atom. The molecule has 1 saturated heterocycles. The monoisotopic (exact) mass is 372 g/mol. The molecule has 1 aromatic carbocycles. The second-order valence-corrected chi connectivity index (χ2v) is 8.23. The number of carbonyl (C=O) groups is 1. The summed E-state index contributed by atoms with van der Waals surface area (Å²) in [5.74, 6) is 0.230. The van der Waals surface area contributed by atoms with Crippen molar-refractivity contribution in [1.29, 1.82) is 0 Å². The van der Waals surface area contributed by atoms with Crippen LogP contribution >= 0.6 is 0 Å². The summed E-state index contributed by atoms with van der Waals surface area (Å²) in [6.07, 6.45) is 0. The average molecular weight is 372 g/mol. The van der Waals surface area contributed by atoms with Crippen LogP contribution in [0.4, 0.5) is 0 Å². The maximum Gasteiger partial charge on any atom is 0.255 e. The zero-order valence-electron chi connectivity index (χ0n) is 14.8. The molecule has 1 aliphatic heterocycles. The highest BCUT2D eigenvalue weighted by Gasteiger charge is 2.34. The fraction of sp³-hybridized carbons (Fsp3) is 0.562. The number of ether oxygens (including phenoxy) is 3. The largest absolute Gasteiger partial charge is 0.497 e. The molecule has 1 aromatic rings. The number of hydrogen-bond acceptors (Lipinski definition) is 6. The minimum Gasteiger partial charge on any atom is -0.497 e. The summed E-state index contributed by atoms with van der Waals surface area (Å²) < 4.78 is 41.1. The van der Waals surface area contributed by atoms with Crippen LogP contribution in [-0.2, 0) is 14.8 Å². The van der Waals surface area contributed by atoms with Crippen molar-refractivity contribution in [2.45, 2.75) is 6.04 Å². The standard InChI is InChI=1S/C16H24N2O6S/c1-18(2)25(20,21)10-11-8-24-9-14(11)17-16(19)13-6-5-12(22-3)7-15(13)23-4/h5-7,11,14H,8-10H2,1-4H3,(H,17,19)/t11-,14+/m0/s1. The first-order valence-corrected chi connectivity index (χ1v) is 9.40. The van der Waals surface area contributed by atoms with Crippen molar-refractivity contribution in [1.82, 2.24) is 9.62 Å². The number of amides is 1. The number of rotatable bonds is 7. The van der Waals surface area contributed by atoms with Gasteiger partial charge in [-0.1, -0.05) is 0 Å². The van der Waals surface area contributed by atoms with Crippen molar-refractivity contribution < 1.29 is 27.4 Å². The Balaban J connectivity index is 2.12. The molecule has 8 nitrogen and oxygen atoms in total. The van der Waals surface area contributed by atoms with Crippen molar-refractivity contribution in [3.05, 3.63) is 23.8 Å². The van der Waals surface area contributed by atoms with Crippen LogP contribution in [0.2, 0.25) is 0 Å². The van der Waals surface area contributed by atoms with E-state index in [0.717, 1.165) is 0 Å². The number of hydrogen-bond donors (Lipinski definition) is 1. The van der Waals surface area contributed by atoms with E-state index < -0.39 is 10.0 Å². The van der Waals surface area contributed by atoms with Gasteiger partial charge in [-0.15, -0.1) is 0 Å². The number of nitrogens with one attached hydrogen (secondary N) is 1. The first-order chi connectivity index (χ1) is 11.8. The first kappa shape index (κ1) is 19.5. The van der Waals surface area contributed by atoms with Crippen LogP contribution in [0.5, 0.6) is 11.5 Å². The summed E-state index contributed by atoms with van der Waals surface area (Å²) >= 11 is 0. The van der Waals surface area contributed by atoms with Gasteiger partial charge < -0.3 is 19.5 Å². The highest BCUT2D eigenvalue weighted by atomic mass is 32.2. The summed E-state index contributed by atoms with van der Waals surface area (Å²) in [6.45, 7) is 0.565. The molecule has 0 spiro atoms. The second kappa shape index (κ2) is 8.03. The molecule has 2 rings (SSSR count). The van der Waals surface area contributed by atoms with E-state index in [1.54, 1.807) is 18.2 Å². The molecular weight excluding hydrogens is 348 g/mol. The molecule has 140 valence electrons. The van der Waals surface area contributed by atoms with Gasteiger partial charge in [-0.05, 0) is 12.1 Å². The molecule has 1 N–H and O–H groups in total. The van der Waals surface area contributed by atoms with Gasteiger partial charge in [0.15, 0.2) is 0 Å². The van der Waals surface area contributed by atoms with Crippen LogP contribution in [0, 0.1) is 5.92 Å². The second-order valence-electron chi connectivity index (χ2n) is 6.00. The summed E-state index contributed by atoms with van der Waals surface area (Å²) in [4.78, 5) is 12.6.